The Morgan fingerprint density at radius 1 is 1.10 bits per heavy atom. The zero-order chi connectivity index (χ0) is 21.5. The van der Waals surface area contributed by atoms with E-state index in [0.717, 1.165) is 38.5 Å². The van der Waals surface area contributed by atoms with Gasteiger partial charge in [0.2, 0.25) is 0 Å². The van der Waals surface area contributed by atoms with E-state index in [1.54, 1.807) is 0 Å². The highest BCUT2D eigenvalue weighted by Gasteiger charge is 2.64. The molecule has 3 saturated carbocycles. The summed E-state index contributed by atoms with van der Waals surface area (Å²) < 4.78 is 5.15. The number of hydrogen-bond acceptors (Lipinski definition) is 5. The average Bonchev–Trinajstić information content (AvgIpc) is 3.32. The van der Waals surface area contributed by atoms with Crippen LogP contribution in [0, 0.1) is 46.3 Å². The van der Waals surface area contributed by atoms with Crippen LogP contribution in [0.1, 0.15) is 65.7 Å². The Hall–Kier alpha value is -0.460. The summed E-state index contributed by atoms with van der Waals surface area (Å²) in [5, 5.41) is 43.1. The molecule has 5 heteroatoms. The molecule has 5 aliphatic rings. The average molecular weight is 421 g/mol. The van der Waals surface area contributed by atoms with Gasteiger partial charge in [-0.2, -0.15) is 0 Å². The van der Waals surface area contributed by atoms with E-state index < -0.39 is 11.9 Å². The van der Waals surface area contributed by atoms with Crippen LogP contribution in [0.4, 0.5) is 0 Å². The van der Waals surface area contributed by atoms with E-state index in [1.165, 1.54) is 0 Å². The second-order valence-corrected chi connectivity index (χ2v) is 11.9. The molecule has 0 aromatic heterocycles. The fourth-order valence-corrected chi connectivity index (χ4v) is 8.34. The van der Waals surface area contributed by atoms with Gasteiger partial charge in [-0.15, -0.1) is 0 Å². The molecule has 1 saturated heterocycles. The van der Waals surface area contributed by atoms with Gasteiger partial charge >= 0.3 is 0 Å². The number of aliphatic hydroxyl groups is 4. The van der Waals surface area contributed by atoms with Crippen molar-refractivity contribution < 1.29 is 25.2 Å². The minimum atomic E-state index is -0.915. The molecule has 5 nitrogen and oxygen atoms in total. The Morgan fingerprint density at radius 3 is 2.53 bits per heavy atom. The number of ether oxygens (including phenoxy) is 1. The van der Waals surface area contributed by atoms with Gasteiger partial charge in [0, 0.05) is 11.8 Å². The third-order valence-electron chi connectivity index (χ3n) is 10.4. The van der Waals surface area contributed by atoms with Crippen LogP contribution in [-0.2, 0) is 4.74 Å². The van der Waals surface area contributed by atoms with Gasteiger partial charge in [-0.05, 0) is 79.4 Å². The summed E-state index contributed by atoms with van der Waals surface area (Å²) in [6, 6.07) is 0. The fourth-order valence-electron chi connectivity index (χ4n) is 8.34. The molecule has 5 rings (SSSR count). The van der Waals surface area contributed by atoms with Crippen LogP contribution in [0.15, 0.2) is 12.2 Å². The van der Waals surface area contributed by atoms with E-state index >= 15 is 0 Å². The number of allylic oxidation sites excluding steroid dienone is 2. The molecule has 1 aliphatic heterocycles. The van der Waals surface area contributed by atoms with Gasteiger partial charge in [0.05, 0.1) is 18.3 Å². The first-order valence-corrected chi connectivity index (χ1v) is 12.2. The number of hydrogen-bond donors (Lipinski definition) is 4. The largest absolute Gasteiger partial charge is 0.393 e. The van der Waals surface area contributed by atoms with E-state index in [1.807, 2.05) is 0 Å². The lowest BCUT2D eigenvalue weighted by molar-refractivity contribution is -0.201. The topological polar surface area (TPSA) is 93.5 Å². The molecule has 0 aromatic carbocycles. The third-order valence-corrected chi connectivity index (χ3v) is 10.4. The summed E-state index contributed by atoms with van der Waals surface area (Å²) in [5.41, 5.74) is -0.179. The lowest BCUT2D eigenvalue weighted by Gasteiger charge is -2.63. The van der Waals surface area contributed by atoms with Gasteiger partial charge in [0.15, 0.2) is 5.79 Å². The molecule has 12 unspecified atom stereocenters. The van der Waals surface area contributed by atoms with Crippen LogP contribution in [0.5, 0.6) is 0 Å². The van der Waals surface area contributed by atoms with Crippen LogP contribution in [-0.4, -0.2) is 51.1 Å². The summed E-state index contributed by atoms with van der Waals surface area (Å²) >= 11 is 0. The molecule has 1 heterocycles. The monoisotopic (exact) mass is 420 g/mol. The van der Waals surface area contributed by atoms with Gasteiger partial charge < -0.3 is 25.2 Å². The summed E-state index contributed by atoms with van der Waals surface area (Å²) in [7, 11) is 0. The predicted molar refractivity (Wildman–Crippen MR) is 113 cm³/mol. The number of rotatable bonds is 4. The molecule has 0 radical (unpaired) electrons. The minimum absolute atomic E-state index is 0.0928. The molecular weight excluding hydrogens is 380 g/mol. The number of fused-ring (bicyclic) bond motifs is 5. The first-order valence-electron chi connectivity index (χ1n) is 12.2. The number of epoxide rings is 1. The maximum atomic E-state index is 11.5. The maximum absolute atomic E-state index is 11.5. The van der Waals surface area contributed by atoms with E-state index in [4.69, 9.17) is 4.74 Å². The Balaban J connectivity index is 1.40. The van der Waals surface area contributed by atoms with Crippen molar-refractivity contribution in [1.82, 2.24) is 0 Å². The Kier molecular flexibility index (Phi) is 5.00. The third kappa shape index (κ3) is 3.07. The van der Waals surface area contributed by atoms with Crippen LogP contribution < -0.4 is 0 Å². The Morgan fingerprint density at radius 2 is 1.83 bits per heavy atom. The van der Waals surface area contributed by atoms with Crippen molar-refractivity contribution in [2.24, 2.45) is 46.3 Å². The first-order chi connectivity index (χ1) is 14.1. The Labute approximate surface area is 180 Å². The molecule has 170 valence electrons. The van der Waals surface area contributed by atoms with Crippen LogP contribution in [0.2, 0.25) is 0 Å². The molecule has 4 aliphatic carbocycles. The molecule has 12 atom stereocenters. The molecular formula is C25H40O5. The van der Waals surface area contributed by atoms with Crippen molar-refractivity contribution >= 4 is 0 Å². The lowest BCUT2D eigenvalue weighted by Crippen LogP contribution is -2.62. The highest BCUT2D eigenvalue weighted by atomic mass is 16.7. The van der Waals surface area contributed by atoms with Crippen LogP contribution in [0.25, 0.3) is 0 Å². The molecule has 0 bridgehead atoms. The molecule has 30 heavy (non-hydrogen) atoms. The summed E-state index contributed by atoms with van der Waals surface area (Å²) in [4.78, 5) is 0. The van der Waals surface area contributed by atoms with Crippen molar-refractivity contribution in [1.29, 1.82) is 0 Å². The normalized spacial score (nSPS) is 58.0. The van der Waals surface area contributed by atoms with Gasteiger partial charge in [-0.1, -0.05) is 32.9 Å². The van der Waals surface area contributed by atoms with Crippen LogP contribution in [0.3, 0.4) is 0 Å². The minimum Gasteiger partial charge on any atom is -0.393 e. The fraction of sp³-hybridized carbons (Fsp3) is 0.920. The molecule has 0 amide bonds. The predicted octanol–water partition coefficient (Wildman–Crippen LogP) is 2.86. The van der Waals surface area contributed by atoms with Crippen molar-refractivity contribution in [2.45, 2.75) is 89.8 Å². The highest BCUT2D eigenvalue weighted by Crippen LogP contribution is 2.66. The van der Waals surface area contributed by atoms with E-state index in [-0.39, 0.29) is 40.8 Å². The summed E-state index contributed by atoms with van der Waals surface area (Å²) in [6.07, 6.45) is 9.24. The number of aliphatic hydroxyl groups excluding tert-OH is 3. The van der Waals surface area contributed by atoms with Crippen molar-refractivity contribution in [3.63, 3.8) is 0 Å². The zero-order valence-corrected chi connectivity index (χ0v) is 18.7. The second kappa shape index (κ2) is 7.02. The van der Waals surface area contributed by atoms with E-state index in [0.29, 0.717) is 30.8 Å². The SMILES string of the molecule is CC(CCC1(O)CO1)C1C=CC2C3C(O)CC4CC(O)CCC4(C)C3CC(O)C12C. The second-order valence-electron chi connectivity index (χ2n) is 11.9. The quantitative estimate of drug-likeness (QED) is 0.415. The summed E-state index contributed by atoms with van der Waals surface area (Å²) in [6.45, 7) is 7.25. The maximum Gasteiger partial charge on any atom is 0.189 e. The molecule has 4 fully saturated rings. The van der Waals surface area contributed by atoms with Gasteiger partial charge in [-0.25, -0.2) is 0 Å². The van der Waals surface area contributed by atoms with Gasteiger partial charge in [-0.3, -0.25) is 0 Å². The smallest absolute Gasteiger partial charge is 0.189 e. The summed E-state index contributed by atoms with van der Waals surface area (Å²) in [5.74, 6) is 0.663. The van der Waals surface area contributed by atoms with Crippen molar-refractivity contribution in [3.05, 3.63) is 12.2 Å². The molecule has 0 spiro atoms. The van der Waals surface area contributed by atoms with Crippen molar-refractivity contribution in [3.8, 4) is 0 Å². The lowest BCUT2D eigenvalue weighted by atomic mass is 9.43. The molecule has 4 N–H and O–H groups in total. The molecule has 0 aromatic rings. The standard InChI is InChI=1S/C25H40O5/c1-14(6-9-25(29)13-30-25)17-4-5-18-22-19(12-21(28)24(17,18)3)23(2)8-7-16(26)10-15(23)11-20(22)27/h4-5,14-22,26-29H,6-13H2,1-3H3. The van der Waals surface area contributed by atoms with Crippen molar-refractivity contribution in [2.75, 3.05) is 6.61 Å². The van der Waals surface area contributed by atoms with E-state index in [2.05, 4.69) is 32.9 Å². The first kappa shape index (κ1) is 21.4. The van der Waals surface area contributed by atoms with E-state index in [9.17, 15) is 20.4 Å². The highest BCUT2D eigenvalue weighted by molar-refractivity contribution is 5.23. The van der Waals surface area contributed by atoms with Gasteiger partial charge in [0.1, 0.15) is 6.61 Å². The van der Waals surface area contributed by atoms with Gasteiger partial charge in [0.25, 0.3) is 0 Å². The Bertz CT molecular complexity index is 704. The van der Waals surface area contributed by atoms with Crippen LogP contribution >= 0.6 is 0 Å². The zero-order valence-electron chi connectivity index (χ0n) is 18.7.